The second kappa shape index (κ2) is 7.59. The predicted molar refractivity (Wildman–Crippen MR) is 84.0 cm³/mol. The summed E-state index contributed by atoms with van der Waals surface area (Å²) in [4.78, 5) is 27.9. The molecule has 0 saturated carbocycles. The number of pyridine rings is 1. The molecular weight excluding hydrogens is 322 g/mol. The van der Waals surface area contributed by atoms with Gasteiger partial charge in [0.05, 0.1) is 35.2 Å². The fraction of sp³-hybridized carbons (Fsp3) is 0.143. The summed E-state index contributed by atoms with van der Waals surface area (Å²) in [6.07, 6.45) is 1.52. The molecule has 0 aliphatic rings. The molecule has 0 aliphatic heterocycles. The summed E-state index contributed by atoms with van der Waals surface area (Å²) in [5.41, 5.74) is 0.921. The number of esters is 1. The zero-order valence-electron chi connectivity index (χ0n) is 11.5. The number of carbonyl (C=O) groups excluding carboxylic acids is 2. The number of thiophene rings is 1. The van der Waals surface area contributed by atoms with Crippen LogP contribution in [0.1, 0.15) is 15.2 Å². The van der Waals surface area contributed by atoms with Gasteiger partial charge in [-0.15, -0.1) is 11.3 Å². The number of thioether (sulfide) groups is 1. The summed E-state index contributed by atoms with van der Waals surface area (Å²) in [5, 5.41) is 13.8. The highest BCUT2D eigenvalue weighted by Gasteiger charge is 2.15. The molecule has 2 aromatic heterocycles. The van der Waals surface area contributed by atoms with Crippen molar-refractivity contribution in [3.8, 4) is 6.07 Å². The molecule has 22 heavy (non-hydrogen) atoms. The highest BCUT2D eigenvalue weighted by atomic mass is 32.2. The van der Waals surface area contributed by atoms with Crippen LogP contribution in [0.2, 0.25) is 0 Å². The van der Waals surface area contributed by atoms with Gasteiger partial charge in [0.1, 0.15) is 4.88 Å². The topological polar surface area (TPSA) is 92.1 Å². The SMILES string of the molecule is COC(=O)c1sccc1NC(=O)CSc1cc(C#N)ccn1. The van der Waals surface area contributed by atoms with Crippen LogP contribution in [0.4, 0.5) is 5.69 Å². The van der Waals surface area contributed by atoms with Crippen LogP contribution >= 0.6 is 23.1 Å². The molecule has 0 saturated heterocycles. The number of hydrogen-bond donors (Lipinski definition) is 1. The number of amides is 1. The molecule has 2 heterocycles. The number of nitriles is 1. The molecule has 0 bridgehead atoms. The number of carbonyl (C=O) groups is 2. The van der Waals surface area contributed by atoms with Crippen molar-refractivity contribution < 1.29 is 14.3 Å². The Morgan fingerprint density at radius 1 is 1.50 bits per heavy atom. The van der Waals surface area contributed by atoms with E-state index in [2.05, 4.69) is 15.0 Å². The van der Waals surface area contributed by atoms with Crippen molar-refractivity contribution in [1.29, 1.82) is 5.26 Å². The van der Waals surface area contributed by atoms with E-state index in [0.29, 0.717) is 21.2 Å². The van der Waals surface area contributed by atoms with Crippen LogP contribution < -0.4 is 5.32 Å². The third-order valence-corrected chi connectivity index (χ3v) is 4.35. The molecule has 112 valence electrons. The first-order valence-electron chi connectivity index (χ1n) is 6.08. The first-order chi connectivity index (χ1) is 10.6. The molecule has 2 rings (SSSR count). The van der Waals surface area contributed by atoms with Gasteiger partial charge in [-0.05, 0) is 23.6 Å². The van der Waals surface area contributed by atoms with Crippen LogP contribution in [0.3, 0.4) is 0 Å². The zero-order valence-corrected chi connectivity index (χ0v) is 13.2. The first kappa shape index (κ1) is 16.0. The standard InChI is InChI=1S/C14H11N3O3S2/c1-20-14(19)13-10(3-5-21-13)17-11(18)8-22-12-6-9(7-15)2-4-16-12/h2-6H,8H2,1H3,(H,17,18). The van der Waals surface area contributed by atoms with Gasteiger partial charge in [0.15, 0.2) is 0 Å². The number of methoxy groups -OCH3 is 1. The van der Waals surface area contributed by atoms with Gasteiger partial charge < -0.3 is 10.1 Å². The largest absolute Gasteiger partial charge is 0.465 e. The van der Waals surface area contributed by atoms with E-state index in [9.17, 15) is 9.59 Å². The molecule has 0 fully saturated rings. The van der Waals surface area contributed by atoms with Gasteiger partial charge >= 0.3 is 5.97 Å². The maximum atomic E-state index is 11.9. The number of nitrogens with one attached hydrogen (secondary N) is 1. The van der Waals surface area contributed by atoms with Crippen LogP contribution in [-0.4, -0.2) is 29.7 Å². The Kier molecular flexibility index (Phi) is 5.52. The van der Waals surface area contributed by atoms with Crippen molar-refractivity contribution >= 4 is 40.7 Å². The second-order valence-electron chi connectivity index (χ2n) is 3.99. The molecular formula is C14H11N3O3S2. The smallest absolute Gasteiger partial charge is 0.350 e. The van der Waals surface area contributed by atoms with Gasteiger partial charge in [-0.3, -0.25) is 4.79 Å². The maximum absolute atomic E-state index is 11.9. The molecule has 0 aromatic carbocycles. The van der Waals surface area contributed by atoms with Gasteiger partial charge in [0, 0.05) is 6.20 Å². The van der Waals surface area contributed by atoms with Gasteiger partial charge in [0.25, 0.3) is 0 Å². The quantitative estimate of drug-likeness (QED) is 0.668. The van der Waals surface area contributed by atoms with Crippen LogP contribution in [0.25, 0.3) is 0 Å². The predicted octanol–water partition coefficient (Wildman–Crippen LogP) is 2.53. The lowest BCUT2D eigenvalue weighted by atomic mass is 10.3. The average Bonchev–Trinajstić information content (AvgIpc) is 3.00. The van der Waals surface area contributed by atoms with Gasteiger partial charge in [-0.25, -0.2) is 9.78 Å². The average molecular weight is 333 g/mol. The summed E-state index contributed by atoms with van der Waals surface area (Å²) in [6, 6.07) is 6.87. The molecule has 0 unspecified atom stereocenters. The Balaban J connectivity index is 1.95. The molecule has 1 N–H and O–H groups in total. The van der Waals surface area contributed by atoms with Crippen LogP contribution in [0, 0.1) is 11.3 Å². The Bertz CT molecular complexity index is 737. The second-order valence-corrected chi connectivity index (χ2v) is 5.90. The molecule has 8 heteroatoms. The van der Waals surface area contributed by atoms with E-state index >= 15 is 0 Å². The maximum Gasteiger partial charge on any atom is 0.350 e. The van der Waals surface area contributed by atoms with E-state index in [4.69, 9.17) is 5.26 Å². The zero-order chi connectivity index (χ0) is 15.9. The fourth-order valence-corrected chi connectivity index (χ4v) is 3.00. The normalized spacial score (nSPS) is 9.82. The summed E-state index contributed by atoms with van der Waals surface area (Å²) in [5.74, 6) is -0.628. The minimum absolute atomic E-state index is 0.123. The van der Waals surface area contributed by atoms with E-state index < -0.39 is 5.97 Å². The van der Waals surface area contributed by atoms with Crippen molar-refractivity contribution in [3.63, 3.8) is 0 Å². The monoisotopic (exact) mass is 333 g/mol. The van der Waals surface area contributed by atoms with Gasteiger partial charge in [-0.2, -0.15) is 5.26 Å². The molecule has 0 aliphatic carbocycles. The lowest BCUT2D eigenvalue weighted by molar-refractivity contribution is -0.113. The summed E-state index contributed by atoms with van der Waals surface area (Å²) < 4.78 is 4.65. The number of hydrogen-bond acceptors (Lipinski definition) is 7. The van der Waals surface area contributed by atoms with Crippen LogP contribution in [0.5, 0.6) is 0 Å². The van der Waals surface area contributed by atoms with Crippen molar-refractivity contribution in [2.75, 3.05) is 18.2 Å². The summed E-state index contributed by atoms with van der Waals surface area (Å²) in [7, 11) is 1.29. The Labute approximate surface area is 135 Å². The van der Waals surface area contributed by atoms with Crippen molar-refractivity contribution in [3.05, 3.63) is 40.2 Å². The van der Waals surface area contributed by atoms with E-state index in [0.717, 1.165) is 0 Å². The third-order valence-electron chi connectivity index (χ3n) is 2.53. The van der Waals surface area contributed by atoms with E-state index in [-0.39, 0.29) is 11.7 Å². The molecule has 0 radical (unpaired) electrons. The number of aromatic nitrogens is 1. The lowest BCUT2D eigenvalue weighted by Crippen LogP contribution is -2.15. The minimum Gasteiger partial charge on any atom is -0.465 e. The van der Waals surface area contributed by atoms with Gasteiger partial charge in [0.2, 0.25) is 5.91 Å². The number of ether oxygens (including phenoxy) is 1. The minimum atomic E-state index is -0.485. The highest BCUT2D eigenvalue weighted by Crippen LogP contribution is 2.24. The third kappa shape index (κ3) is 4.07. The van der Waals surface area contributed by atoms with Crippen molar-refractivity contribution in [2.45, 2.75) is 5.03 Å². The van der Waals surface area contributed by atoms with Crippen molar-refractivity contribution in [2.24, 2.45) is 0 Å². The number of nitrogens with zero attached hydrogens (tertiary/aromatic N) is 2. The van der Waals surface area contributed by atoms with E-state index in [1.54, 1.807) is 23.6 Å². The highest BCUT2D eigenvalue weighted by molar-refractivity contribution is 7.99. The molecule has 0 atom stereocenters. The van der Waals surface area contributed by atoms with E-state index in [1.165, 1.54) is 36.4 Å². The molecule has 2 aromatic rings. The fourth-order valence-electron chi connectivity index (χ4n) is 1.54. The summed E-state index contributed by atoms with van der Waals surface area (Å²) >= 11 is 2.41. The van der Waals surface area contributed by atoms with E-state index in [1.807, 2.05) is 6.07 Å². The Morgan fingerprint density at radius 3 is 3.05 bits per heavy atom. The first-order valence-corrected chi connectivity index (χ1v) is 7.95. The van der Waals surface area contributed by atoms with Crippen LogP contribution in [-0.2, 0) is 9.53 Å². The molecule has 6 nitrogen and oxygen atoms in total. The molecule has 0 spiro atoms. The lowest BCUT2D eigenvalue weighted by Gasteiger charge is -2.05. The molecule has 1 amide bonds. The van der Waals surface area contributed by atoms with Crippen LogP contribution in [0.15, 0.2) is 34.8 Å². The summed E-state index contributed by atoms with van der Waals surface area (Å²) in [6.45, 7) is 0. The Morgan fingerprint density at radius 2 is 2.32 bits per heavy atom. The Hall–Kier alpha value is -2.37. The van der Waals surface area contributed by atoms with Crippen molar-refractivity contribution in [1.82, 2.24) is 4.98 Å². The number of rotatable bonds is 5. The van der Waals surface area contributed by atoms with Gasteiger partial charge in [-0.1, -0.05) is 11.8 Å². The number of anilines is 1.